The van der Waals surface area contributed by atoms with Gasteiger partial charge in [0.05, 0.1) is 0 Å². The summed E-state index contributed by atoms with van der Waals surface area (Å²) < 4.78 is 0. The van der Waals surface area contributed by atoms with E-state index >= 15 is 0 Å². The highest BCUT2D eigenvalue weighted by Gasteiger charge is 2.26. The molecule has 1 aromatic rings. The van der Waals surface area contributed by atoms with Crippen molar-refractivity contribution in [2.45, 2.75) is 49.3 Å². The zero-order valence-corrected chi connectivity index (χ0v) is 13.2. The summed E-state index contributed by atoms with van der Waals surface area (Å²) in [4.78, 5) is 13.1. The van der Waals surface area contributed by atoms with E-state index in [-0.39, 0.29) is 5.91 Å². The Balaban J connectivity index is 1.96. The van der Waals surface area contributed by atoms with Crippen molar-refractivity contribution >= 4 is 30.3 Å². The number of hydrogen-bond donors (Lipinski definition) is 2. The number of carbonyl (C=O) groups excluding carboxylic acids is 1. The molecule has 0 aromatic heterocycles. The third-order valence-electron chi connectivity index (χ3n) is 3.59. The number of hydrogen-bond acceptors (Lipinski definition) is 3. The van der Waals surface area contributed by atoms with Crippen LogP contribution in [0.2, 0.25) is 0 Å². The van der Waals surface area contributed by atoms with E-state index in [4.69, 9.17) is 0 Å². The van der Waals surface area contributed by atoms with E-state index < -0.39 is 0 Å². The van der Waals surface area contributed by atoms with Crippen LogP contribution in [0.3, 0.4) is 0 Å². The number of thioether (sulfide) groups is 1. The van der Waals surface area contributed by atoms with Gasteiger partial charge in [-0.2, -0.15) is 11.8 Å². The van der Waals surface area contributed by atoms with Crippen molar-refractivity contribution < 1.29 is 4.79 Å². The van der Waals surface area contributed by atoms with Crippen LogP contribution in [0, 0.1) is 6.92 Å². The standard InChI is InChI=1S/C15H21NOS2/c1-3-19-13-7-5-11(8-13)16-15(17)14-9-12(18)6-4-10(14)2/h4,6,9,11,13,18H,3,5,7-8H2,1-2H3,(H,16,17). The highest BCUT2D eigenvalue weighted by atomic mass is 32.2. The molecule has 1 amide bonds. The molecule has 19 heavy (non-hydrogen) atoms. The third kappa shape index (κ3) is 3.93. The van der Waals surface area contributed by atoms with E-state index in [1.807, 2.05) is 36.9 Å². The van der Waals surface area contributed by atoms with E-state index in [0.29, 0.717) is 11.3 Å². The Kier molecular flexibility index (Phi) is 5.22. The summed E-state index contributed by atoms with van der Waals surface area (Å²) in [7, 11) is 0. The Morgan fingerprint density at radius 3 is 3.00 bits per heavy atom. The molecule has 1 fully saturated rings. The van der Waals surface area contributed by atoms with Crippen LogP contribution in [0.15, 0.2) is 23.1 Å². The molecule has 1 aromatic carbocycles. The van der Waals surface area contributed by atoms with Crippen molar-refractivity contribution in [3.63, 3.8) is 0 Å². The lowest BCUT2D eigenvalue weighted by atomic mass is 10.1. The molecule has 2 rings (SSSR count). The summed E-state index contributed by atoms with van der Waals surface area (Å²) in [6.45, 7) is 4.16. The van der Waals surface area contributed by atoms with E-state index in [2.05, 4.69) is 24.9 Å². The Morgan fingerprint density at radius 1 is 1.47 bits per heavy atom. The maximum absolute atomic E-state index is 12.3. The lowest BCUT2D eigenvalue weighted by molar-refractivity contribution is 0.0937. The Morgan fingerprint density at radius 2 is 2.26 bits per heavy atom. The van der Waals surface area contributed by atoms with E-state index in [1.54, 1.807) is 0 Å². The van der Waals surface area contributed by atoms with Gasteiger partial charge in [-0.15, -0.1) is 12.6 Å². The average Bonchev–Trinajstić information content (AvgIpc) is 2.80. The number of carbonyl (C=O) groups is 1. The molecule has 2 unspecified atom stereocenters. The summed E-state index contributed by atoms with van der Waals surface area (Å²) in [6.07, 6.45) is 3.42. The van der Waals surface area contributed by atoms with Gasteiger partial charge in [0, 0.05) is 21.8 Å². The number of benzene rings is 1. The molecular weight excluding hydrogens is 274 g/mol. The number of rotatable bonds is 4. The summed E-state index contributed by atoms with van der Waals surface area (Å²) in [5, 5.41) is 3.88. The van der Waals surface area contributed by atoms with Crippen molar-refractivity contribution in [1.82, 2.24) is 5.32 Å². The fourth-order valence-electron chi connectivity index (χ4n) is 2.58. The van der Waals surface area contributed by atoms with Gasteiger partial charge in [-0.25, -0.2) is 0 Å². The van der Waals surface area contributed by atoms with Crippen molar-refractivity contribution in [3.8, 4) is 0 Å². The van der Waals surface area contributed by atoms with Crippen LogP contribution >= 0.6 is 24.4 Å². The molecule has 0 saturated heterocycles. The van der Waals surface area contributed by atoms with Gasteiger partial charge in [-0.1, -0.05) is 13.0 Å². The predicted octanol–water partition coefficient (Wildman–Crippen LogP) is 3.69. The second-order valence-corrected chi connectivity index (χ2v) is 7.15. The predicted molar refractivity (Wildman–Crippen MR) is 85.5 cm³/mol. The maximum Gasteiger partial charge on any atom is 0.251 e. The first-order chi connectivity index (χ1) is 9.10. The lowest BCUT2D eigenvalue weighted by Gasteiger charge is -2.14. The van der Waals surface area contributed by atoms with Crippen LogP contribution in [0.25, 0.3) is 0 Å². The summed E-state index contributed by atoms with van der Waals surface area (Å²) in [5.74, 6) is 1.20. The number of aryl methyl sites for hydroxylation is 1. The Bertz CT molecular complexity index is 461. The Hall–Kier alpha value is -0.610. The highest BCUT2D eigenvalue weighted by molar-refractivity contribution is 7.99. The fraction of sp³-hybridized carbons (Fsp3) is 0.533. The van der Waals surface area contributed by atoms with Gasteiger partial charge < -0.3 is 5.32 Å². The van der Waals surface area contributed by atoms with E-state index in [9.17, 15) is 4.79 Å². The van der Waals surface area contributed by atoms with Crippen molar-refractivity contribution in [2.75, 3.05) is 5.75 Å². The zero-order chi connectivity index (χ0) is 13.8. The molecule has 1 saturated carbocycles. The second kappa shape index (κ2) is 6.71. The van der Waals surface area contributed by atoms with Gasteiger partial charge in [0.2, 0.25) is 0 Å². The molecule has 2 atom stereocenters. The van der Waals surface area contributed by atoms with Crippen LogP contribution < -0.4 is 5.32 Å². The molecule has 0 radical (unpaired) electrons. The van der Waals surface area contributed by atoms with E-state index in [0.717, 1.165) is 34.6 Å². The molecular formula is C15H21NOS2. The topological polar surface area (TPSA) is 29.1 Å². The van der Waals surface area contributed by atoms with Gasteiger partial charge in [0.1, 0.15) is 0 Å². The molecule has 1 aliphatic carbocycles. The van der Waals surface area contributed by atoms with Gasteiger partial charge in [0.25, 0.3) is 5.91 Å². The fourth-order valence-corrected chi connectivity index (χ4v) is 3.92. The molecule has 0 bridgehead atoms. The minimum atomic E-state index is 0.0422. The van der Waals surface area contributed by atoms with Crippen molar-refractivity contribution in [1.29, 1.82) is 0 Å². The first-order valence-corrected chi connectivity index (χ1v) is 8.31. The van der Waals surface area contributed by atoms with Gasteiger partial charge in [-0.3, -0.25) is 4.79 Å². The molecule has 2 nitrogen and oxygen atoms in total. The Labute approximate surface area is 125 Å². The summed E-state index contributed by atoms with van der Waals surface area (Å²) >= 11 is 6.31. The van der Waals surface area contributed by atoms with Gasteiger partial charge in [0.15, 0.2) is 0 Å². The molecule has 0 heterocycles. The molecule has 4 heteroatoms. The third-order valence-corrected chi connectivity index (χ3v) is 5.10. The van der Waals surface area contributed by atoms with Crippen molar-refractivity contribution in [3.05, 3.63) is 29.3 Å². The maximum atomic E-state index is 12.3. The van der Waals surface area contributed by atoms with Gasteiger partial charge >= 0.3 is 0 Å². The quantitative estimate of drug-likeness (QED) is 0.830. The van der Waals surface area contributed by atoms with Crippen LogP contribution in [-0.4, -0.2) is 23.0 Å². The molecule has 1 aliphatic rings. The molecule has 1 N–H and O–H groups in total. The van der Waals surface area contributed by atoms with Crippen LogP contribution in [0.4, 0.5) is 0 Å². The van der Waals surface area contributed by atoms with Crippen molar-refractivity contribution in [2.24, 2.45) is 0 Å². The summed E-state index contributed by atoms with van der Waals surface area (Å²) in [6, 6.07) is 6.04. The molecule has 104 valence electrons. The number of nitrogens with one attached hydrogen (secondary N) is 1. The monoisotopic (exact) mass is 295 g/mol. The molecule has 0 aliphatic heterocycles. The van der Waals surface area contributed by atoms with Gasteiger partial charge in [-0.05, 0) is 49.6 Å². The second-order valence-electron chi connectivity index (χ2n) is 5.06. The van der Waals surface area contributed by atoms with E-state index in [1.165, 1.54) is 6.42 Å². The first kappa shape index (κ1) is 14.8. The average molecular weight is 295 g/mol. The van der Waals surface area contributed by atoms with Crippen LogP contribution in [0.5, 0.6) is 0 Å². The van der Waals surface area contributed by atoms with Crippen LogP contribution in [0.1, 0.15) is 42.1 Å². The first-order valence-electron chi connectivity index (χ1n) is 6.82. The smallest absolute Gasteiger partial charge is 0.251 e. The highest BCUT2D eigenvalue weighted by Crippen LogP contribution is 2.30. The summed E-state index contributed by atoms with van der Waals surface area (Å²) in [5.41, 5.74) is 1.76. The number of amides is 1. The van der Waals surface area contributed by atoms with Crippen LogP contribution in [-0.2, 0) is 0 Å². The molecule has 0 spiro atoms. The minimum Gasteiger partial charge on any atom is -0.349 e. The SMILES string of the molecule is CCSC1CCC(NC(=O)c2cc(S)ccc2C)C1. The number of thiol groups is 1. The zero-order valence-electron chi connectivity index (χ0n) is 11.5. The normalized spacial score (nSPS) is 22.5. The minimum absolute atomic E-state index is 0.0422. The lowest BCUT2D eigenvalue weighted by Crippen LogP contribution is -2.33. The largest absolute Gasteiger partial charge is 0.349 e.